The molecule has 1 heterocycles. The van der Waals surface area contributed by atoms with Crippen LogP contribution in [0.4, 0.5) is 17.1 Å². The van der Waals surface area contributed by atoms with Crippen molar-refractivity contribution in [3.63, 3.8) is 0 Å². The fraction of sp³-hybridized carbons (Fsp3) is 0.0435. The van der Waals surface area contributed by atoms with Gasteiger partial charge in [0.05, 0.1) is 28.3 Å². The summed E-state index contributed by atoms with van der Waals surface area (Å²) in [5.41, 5.74) is 1.16. The first kappa shape index (κ1) is 21.1. The Morgan fingerprint density at radius 2 is 1.59 bits per heavy atom. The van der Waals surface area contributed by atoms with E-state index in [9.17, 15) is 19.7 Å². The van der Waals surface area contributed by atoms with Gasteiger partial charge in [0, 0.05) is 17.8 Å². The molecule has 0 radical (unpaired) electrons. The number of carbonyl (C=O) groups excluding carboxylic acids is 2. The average molecular weight is 450 g/mol. The molecule has 3 aromatic rings. The molecule has 4 rings (SSSR count). The van der Waals surface area contributed by atoms with Crippen molar-refractivity contribution in [1.29, 1.82) is 0 Å². The molecular formula is C23H16ClN3O5. The topological polar surface area (TPSA) is 102 Å². The number of non-ortho nitro benzene ring substituents is 1. The number of anilines is 2. The number of nitrogens with zero attached hydrogens (tertiary/aromatic N) is 2. The van der Waals surface area contributed by atoms with Crippen LogP contribution >= 0.6 is 11.6 Å². The standard InChI is InChI=1S/C23H16ClN3O5/c1-32-17-12-8-15(9-13-17)25-21-20(14-6-10-16(11-7-14)27(30)31)22(28)26(23(21)29)19-5-3-2-4-18(19)24/h2-13,25H,1H3. The first-order valence-electron chi connectivity index (χ1n) is 9.44. The molecule has 1 aliphatic rings. The van der Waals surface area contributed by atoms with Crippen LogP contribution in [0, 0.1) is 10.1 Å². The summed E-state index contributed by atoms with van der Waals surface area (Å²) in [6.45, 7) is 0. The lowest BCUT2D eigenvalue weighted by Crippen LogP contribution is -2.32. The van der Waals surface area contributed by atoms with Crippen molar-refractivity contribution >= 4 is 46.1 Å². The van der Waals surface area contributed by atoms with Gasteiger partial charge < -0.3 is 10.1 Å². The molecule has 9 heteroatoms. The Hall–Kier alpha value is -4.17. The minimum Gasteiger partial charge on any atom is -0.497 e. The lowest BCUT2D eigenvalue weighted by Gasteiger charge is -2.16. The quantitative estimate of drug-likeness (QED) is 0.334. The molecule has 32 heavy (non-hydrogen) atoms. The maximum atomic E-state index is 13.4. The van der Waals surface area contributed by atoms with Gasteiger partial charge in [-0.05, 0) is 54.1 Å². The third kappa shape index (κ3) is 3.79. The largest absolute Gasteiger partial charge is 0.497 e. The minimum atomic E-state index is -0.590. The van der Waals surface area contributed by atoms with E-state index >= 15 is 0 Å². The fourth-order valence-electron chi connectivity index (χ4n) is 3.33. The van der Waals surface area contributed by atoms with Gasteiger partial charge in [-0.1, -0.05) is 23.7 Å². The predicted molar refractivity (Wildman–Crippen MR) is 121 cm³/mol. The molecule has 0 saturated carbocycles. The highest BCUT2D eigenvalue weighted by Gasteiger charge is 2.41. The Kier molecular flexibility index (Phi) is 5.61. The molecule has 0 bridgehead atoms. The number of hydrogen-bond donors (Lipinski definition) is 1. The van der Waals surface area contributed by atoms with Crippen LogP contribution in [-0.4, -0.2) is 23.8 Å². The SMILES string of the molecule is COc1ccc(NC2=C(c3ccc([N+](=O)[O-])cc3)C(=O)N(c3ccccc3Cl)C2=O)cc1. The van der Waals surface area contributed by atoms with Gasteiger partial charge in [0.1, 0.15) is 11.4 Å². The molecule has 1 N–H and O–H groups in total. The smallest absolute Gasteiger partial charge is 0.282 e. The molecule has 0 unspecified atom stereocenters. The lowest BCUT2D eigenvalue weighted by atomic mass is 10.0. The highest BCUT2D eigenvalue weighted by atomic mass is 35.5. The average Bonchev–Trinajstić information content (AvgIpc) is 3.04. The number of methoxy groups -OCH3 is 1. The molecule has 0 fully saturated rings. The van der Waals surface area contributed by atoms with E-state index in [1.807, 2.05) is 0 Å². The number of hydrogen-bond acceptors (Lipinski definition) is 6. The Bertz CT molecular complexity index is 1250. The first-order valence-corrected chi connectivity index (χ1v) is 9.82. The number of amides is 2. The van der Waals surface area contributed by atoms with E-state index in [0.717, 1.165) is 4.90 Å². The van der Waals surface area contributed by atoms with E-state index in [1.165, 1.54) is 31.4 Å². The summed E-state index contributed by atoms with van der Waals surface area (Å²) in [5.74, 6) is -0.549. The number of halogens is 1. The molecule has 0 aromatic heterocycles. The van der Waals surface area contributed by atoms with Crippen molar-refractivity contribution in [2.45, 2.75) is 0 Å². The number of nitro benzene ring substituents is 1. The third-order valence-electron chi connectivity index (χ3n) is 4.90. The Morgan fingerprint density at radius 1 is 0.938 bits per heavy atom. The zero-order valence-electron chi connectivity index (χ0n) is 16.7. The number of benzene rings is 3. The number of rotatable bonds is 6. The van der Waals surface area contributed by atoms with Crippen LogP contribution in [-0.2, 0) is 9.59 Å². The highest BCUT2D eigenvalue weighted by molar-refractivity contribution is 6.48. The van der Waals surface area contributed by atoms with Gasteiger partial charge in [0.25, 0.3) is 17.5 Å². The summed E-state index contributed by atoms with van der Waals surface area (Å²) in [4.78, 5) is 38.2. The Labute approximate surface area is 187 Å². The van der Waals surface area contributed by atoms with E-state index < -0.39 is 16.7 Å². The molecule has 1 aliphatic heterocycles. The minimum absolute atomic E-state index is 0.0361. The number of para-hydroxylation sites is 1. The van der Waals surface area contributed by atoms with Crippen LogP contribution in [0.15, 0.2) is 78.5 Å². The number of nitro groups is 1. The Morgan fingerprint density at radius 3 is 2.19 bits per heavy atom. The van der Waals surface area contributed by atoms with Crippen molar-refractivity contribution in [1.82, 2.24) is 0 Å². The maximum Gasteiger partial charge on any atom is 0.282 e. The summed E-state index contributed by atoms with van der Waals surface area (Å²) < 4.78 is 5.15. The molecule has 0 aliphatic carbocycles. The summed E-state index contributed by atoms with van der Waals surface area (Å²) in [6.07, 6.45) is 0. The van der Waals surface area contributed by atoms with Crippen molar-refractivity contribution in [3.8, 4) is 5.75 Å². The normalized spacial score (nSPS) is 13.5. The maximum absolute atomic E-state index is 13.4. The molecule has 160 valence electrons. The molecule has 0 saturated heterocycles. The van der Waals surface area contributed by atoms with Crippen LogP contribution in [0.25, 0.3) is 5.57 Å². The van der Waals surface area contributed by atoms with Gasteiger partial charge in [-0.3, -0.25) is 19.7 Å². The van der Waals surface area contributed by atoms with Crippen molar-refractivity contribution < 1.29 is 19.2 Å². The van der Waals surface area contributed by atoms with Crippen LogP contribution in [0.3, 0.4) is 0 Å². The number of imide groups is 1. The summed E-state index contributed by atoms with van der Waals surface area (Å²) in [5, 5.41) is 14.3. The molecule has 0 atom stereocenters. The first-order chi connectivity index (χ1) is 15.4. The second-order valence-corrected chi connectivity index (χ2v) is 7.21. The van der Waals surface area contributed by atoms with Crippen molar-refractivity contribution in [3.05, 3.63) is 99.2 Å². The lowest BCUT2D eigenvalue weighted by molar-refractivity contribution is -0.384. The number of ether oxygens (including phenoxy) is 1. The highest BCUT2D eigenvalue weighted by Crippen LogP contribution is 2.37. The second kappa shape index (κ2) is 8.52. The molecular weight excluding hydrogens is 434 g/mol. The van der Waals surface area contributed by atoms with Crippen LogP contribution in [0.2, 0.25) is 5.02 Å². The van der Waals surface area contributed by atoms with E-state index in [2.05, 4.69) is 5.32 Å². The molecule has 8 nitrogen and oxygen atoms in total. The van der Waals surface area contributed by atoms with Crippen LogP contribution < -0.4 is 15.0 Å². The van der Waals surface area contributed by atoms with E-state index in [-0.39, 0.29) is 27.7 Å². The summed E-state index contributed by atoms with van der Waals surface area (Å²) >= 11 is 6.25. The Balaban J connectivity index is 1.81. The molecule has 2 amide bonds. The van der Waals surface area contributed by atoms with Gasteiger partial charge in [-0.15, -0.1) is 0 Å². The van der Waals surface area contributed by atoms with Gasteiger partial charge in [-0.25, -0.2) is 4.90 Å². The van der Waals surface area contributed by atoms with Crippen LogP contribution in [0.1, 0.15) is 5.56 Å². The van der Waals surface area contributed by atoms with Gasteiger partial charge in [0.15, 0.2) is 0 Å². The second-order valence-electron chi connectivity index (χ2n) is 6.80. The summed E-state index contributed by atoms with van der Waals surface area (Å²) in [6, 6.07) is 18.8. The zero-order chi connectivity index (χ0) is 22.8. The van der Waals surface area contributed by atoms with Crippen molar-refractivity contribution in [2.24, 2.45) is 0 Å². The van der Waals surface area contributed by atoms with E-state index in [4.69, 9.17) is 16.3 Å². The predicted octanol–water partition coefficient (Wildman–Crippen LogP) is 4.65. The third-order valence-corrected chi connectivity index (χ3v) is 5.22. The van der Waals surface area contributed by atoms with Gasteiger partial charge in [-0.2, -0.15) is 0 Å². The van der Waals surface area contributed by atoms with Crippen molar-refractivity contribution in [2.75, 3.05) is 17.3 Å². The zero-order valence-corrected chi connectivity index (χ0v) is 17.5. The number of nitrogens with one attached hydrogen (secondary N) is 1. The van der Waals surface area contributed by atoms with E-state index in [1.54, 1.807) is 48.5 Å². The van der Waals surface area contributed by atoms with Gasteiger partial charge in [0.2, 0.25) is 0 Å². The fourth-order valence-corrected chi connectivity index (χ4v) is 3.55. The number of carbonyl (C=O) groups is 2. The monoisotopic (exact) mass is 449 g/mol. The van der Waals surface area contributed by atoms with Gasteiger partial charge >= 0.3 is 0 Å². The molecule has 3 aromatic carbocycles. The molecule has 0 spiro atoms. The summed E-state index contributed by atoms with van der Waals surface area (Å²) in [7, 11) is 1.54. The van der Waals surface area contributed by atoms with Crippen LogP contribution in [0.5, 0.6) is 5.75 Å². The van der Waals surface area contributed by atoms with E-state index in [0.29, 0.717) is 17.0 Å².